The maximum atomic E-state index is 12.8. The fourth-order valence-electron chi connectivity index (χ4n) is 3.41. The van der Waals surface area contributed by atoms with Gasteiger partial charge in [0, 0.05) is 23.1 Å². The average Bonchev–Trinajstić information content (AvgIpc) is 2.78. The quantitative estimate of drug-likeness (QED) is 0.254. The Balaban J connectivity index is 1.62. The van der Waals surface area contributed by atoms with E-state index >= 15 is 0 Å². The number of carbonyl (C=O) groups is 1. The molecule has 0 heterocycles. The van der Waals surface area contributed by atoms with Gasteiger partial charge in [0.15, 0.2) is 0 Å². The minimum atomic E-state index is -4.49. The lowest BCUT2D eigenvalue weighted by Gasteiger charge is -2.12. The molecule has 0 spiro atoms. The van der Waals surface area contributed by atoms with Gasteiger partial charge in [0.05, 0.1) is 10.6 Å². The molecule has 0 atom stereocenters. The largest absolute Gasteiger partial charge is 0.321 e. The van der Waals surface area contributed by atoms with Crippen molar-refractivity contribution in [3.05, 3.63) is 101 Å². The van der Waals surface area contributed by atoms with E-state index in [1.165, 1.54) is 24.3 Å². The van der Waals surface area contributed by atoms with Crippen molar-refractivity contribution in [3.63, 3.8) is 0 Å². The summed E-state index contributed by atoms with van der Waals surface area (Å²) in [6, 6.07) is 22.0. The summed E-state index contributed by atoms with van der Waals surface area (Å²) in [5, 5.41) is 14.3. The van der Waals surface area contributed by atoms with Crippen molar-refractivity contribution in [2.24, 2.45) is 0 Å². The van der Waals surface area contributed by atoms with E-state index in [1.54, 1.807) is 60.7 Å². The molecule has 0 bridgehead atoms. The van der Waals surface area contributed by atoms with Crippen molar-refractivity contribution < 1.29 is 22.7 Å². The molecule has 1 amide bonds. The Bertz CT molecular complexity index is 1440. The van der Waals surface area contributed by atoms with Crippen LogP contribution in [0.15, 0.2) is 89.8 Å². The van der Waals surface area contributed by atoms with Gasteiger partial charge in [-0.2, -0.15) is 8.42 Å². The van der Waals surface area contributed by atoms with Gasteiger partial charge >= 0.3 is 0 Å². The van der Waals surface area contributed by atoms with Crippen LogP contribution in [0.1, 0.15) is 10.4 Å². The van der Waals surface area contributed by atoms with Crippen LogP contribution in [0.5, 0.6) is 0 Å². The normalized spacial score (nSPS) is 11.3. The van der Waals surface area contributed by atoms with Crippen LogP contribution in [-0.4, -0.2) is 23.8 Å². The fraction of sp³-hybridized carbons (Fsp3) is 0. The Morgan fingerprint density at radius 3 is 1.97 bits per heavy atom. The lowest BCUT2D eigenvalue weighted by atomic mass is 10.0. The fourth-order valence-corrected chi connectivity index (χ4v) is 4.15. The zero-order chi connectivity index (χ0) is 22.9. The van der Waals surface area contributed by atoms with Crippen molar-refractivity contribution in [2.45, 2.75) is 4.90 Å². The van der Waals surface area contributed by atoms with Gasteiger partial charge in [0.1, 0.15) is 4.90 Å². The number of nitrogens with zero attached hydrogens (tertiary/aromatic N) is 1. The third kappa shape index (κ3) is 4.20. The number of non-ortho nitro benzene ring substituents is 1. The monoisotopic (exact) mass is 448 g/mol. The van der Waals surface area contributed by atoms with Crippen molar-refractivity contribution >= 4 is 38.2 Å². The van der Waals surface area contributed by atoms with E-state index in [9.17, 15) is 27.9 Å². The highest BCUT2D eigenvalue weighted by Crippen LogP contribution is 2.30. The predicted molar refractivity (Wildman–Crippen MR) is 120 cm³/mol. The van der Waals surface area contributed by atoms with E-state index in [1.807, 2.05) is 0 Å². The Morgan fingerprint density at radius 1 is 0.844 bits per heavy atom. The smallest absolute Gasteiger partial charge is 0.295 e. The topological polar surface area (TPSA) is 127 Å². The summed E-state index contributed by atoms with van der Waals surface area (Å²) in [4.78, 5) is 22.8. The molecule has 4 aromatic carbocycles. The standard InChI is InChI=1S/C23H16N2O6S/c26-23(18-9-7-15(8-10-18)16-11-13-19(14-12-16)25(27)28)24-20-5-1-3-17-4-2-6-21(22(17)20)32(29,30)31/h1-14H,(H,24,26)(H,29,30,31). The summed E-state index contributed by atoms with van der Waals surface area (Å²) in [7, 11) is -4.49. The van der Waals surface area contributed by atoms with E-state index in [4.69, 9.17) is 0 Å². The Morgan fingerprint density at radius 2 is 1.41 bits per heavy atom. The minimum absolute atomic E-state index is 0.0101. The number of nitrogens with one attached hydrogen (secondary N) is 1. The van der Waals surface area contributed by atoms with Crippen LogP contribution in [0.3, 0.4) is 0 Å². The molecular formula is C23H16N2O6S. The lowest BCUT2D eigenvalue weighted by Crippen LogP contribution is -2.13. The molecule has 4 aromatic rings. The van der Waals surface area contributed by atoms with Crippen LogP contribution < -0.4 is 5.32 Å². The first-order valence-corrected chi connectivity index (χ1v) is 10.8. The molecule has 4 rings (SSSR count). The van der Waals surface area contributed by atoms with Gasteiger partial charge in [0.2, 0.25) is 0 Å². The predicted octanol–water partition coefficient (Wildman–Crippen LogP) is 4.91. The number of hydrogen-bond acceptors (Lipinski definition) is 5. The van der Waals surface area contributed by atoms with Gasteiger partial charge in [0.25, 0.3) is 21.7 Å². The molecular weight excluding hydrogens is 432 g/mol. The van der Waals surface area contributed by atoms with Gasteiger partial charge in [-0.3, -0.25) is 19.5 Å². The van der Waals surface area contributed by atoms with E-state index in [0.717, 1.165) is 11.1 Å². The van der Waals surface area contributed by atoms with Crippen LogP contribution in [0, 0.1) is 10.1 Å². The molecule has 8 nitrogen and oxygen atoms in total. The van der Waals surface area contributed by atoms with Crippen LogP contribution in [0.2, 0.25) is 0 Å². The van der Waals surface area contributed by atoms with Crippen LogP contribution in [0.4, 0.5) is 11.4 Å². The van der Waals surface area contributed by atoms with Crippen molar-refractivity contribution in [2.75, 3.05) is 5.32 Å². The summed E-state index contributed by atoms with van der Waals surface area (Å²) in [6.07, 6.45) is 0. The molecule has 0 aliphatic rings. The number of benzene rings is 4. The molecule has 9 heteroatoms. The Kier molecular flexibility index (Phi) is 5.43. The molecule has 32 heavy (non-hydrogen) atoms. The molecule has 0 saturated heterocycles. The number of nitro benzene ring substituents is 1. The second-order valence-corrected chi connectivity index (χ2v) is 8.36. The van der Waals surface area contributed by atoms with E-state index in [0.29, 0.717) is 10.9 Å². The first-order chi connectivity index (χ1) is 15.2. The first kappa shape index (κ1) is 21.2. The summed E-state index contributed by atoms with van der Waals surface area (Å²) >= 11 is 0. The second-order valence-electron chi connectivity index (χ2n) is 6.97. The molecule has 0 aliphatic carbocycles. The van der Waals surface area contributed by atoms with Crippen molar-refractivity contribution in [3.8, 4) is 11.1 Å². The summed E-state index contributed by atoms with van der Waals surface area (Å²) in [6.45, 7) is 0. The van der Waals surface area contributed by atoms with E-state index in [-0.39, 0.29) is 21.7 Å². The number of amides is 1. The number of hydrogen-bond donors (Lipinski definition) is 2. The number of anilines is 1. The maximum absolute atomic E-state index is 12.8. The van der Waals surface area contributed by atoms with Crippen molar-refractivity contribution in [1.29, 1.82) is 0 Å². The summed E-state index contributed by atoms with van der Waals surface area (Å²) in [5.41, 5.74) is 2.10. The zero-order valence-electron chi connectivity index (χ0n) is 16.4. The summed E-state index contributed by atoms with van der Waals surface area (Å²) in [5.74, 6) is -0.460. The second kappa shape index (κ2) is 8.22. The van der Waals surface area contributed by atoms with Crippen LogP contribution in [0.25, 0.3) is 21.9 Å². The molecule has 0 aromatic heterocycles. The molecule has 0 fully saturated rings. The Labute approximate surface area is 183 Å². The number of rotatable bonds is 5. The van der Waals surface area contributed by atoms with Crippen molar-refractivity contribution in [1.82, 2.24) is 0 Å². The Hall–Kier alpha value is -4.08. The van der Waals surface area contributed by atoms with Gasteiger partial charge in [-0.05, 0) is 52.9 Å². The number of carbonyl (C=O) groups excluding carboxylic acids is 1. The van der Waals surface area contributed by atoms with Gasteiger partial charge in [-0.1, -0.05) is 36.4 Å². The van der Waals surface area contributed by atoms with E-state index < -0.39 is 20.9 Å². The highest BCUT2D eigenvalue weighted by molar-refractivity contribution is 7.86. The maximum Gasteiger partial charge on any atom is 0.295 e. The molecule has 160 valence electrons. The van der Waals surface area contributed by atoms with Gasteiger partial charge in [-0.25, -0.2) is 0 Å². The number of nitro groups is 1. The number of fused-ring (bicyclic) bond motifs is 1. The molecule has 0 unspecified atom stereocenters. The molecule has 0 aliphatic heterocycles. The molecule has 0 saturated carbocycles. The summed E-state index contributed by atoms with van der Waals surface area (Å²) < 4.78 is 33.2. The average molecular weight is 448 g/mol. The van der Waals surface area contributed by atoms with Crippen LogP contribution in [-0.2, 0) is 10.1 Å². The molecule has 2 N–H and O–H groups in total. The highest BCUT2D eigenvalue weighted by atomic mass is 32.2. The third-order valence-electron chi connectivity index (χ3n) is 4.95. The molecule has 0 radical (unpaired) electrons. The van der Waals surface area contributed by atoms with E-state index in [2.05, 4.69) is 5.32 Å². The SMILES string of the molecule is O=C(Nc1cccc2cccc(S(=O)(=O)O)c12)c1ccc(-c2ccc([N+](=O)[O-])cc2)cc1. The zero-order valence-corrected chi connectivity index (χ0v) is 17.2. The van der Waals surface area contributed by atoms with Gasteiger partial charge < -0.3 is 5.32 Å². The lowest BCUT2D eigenvalue weighted by molar-refractivity contribution is -0.384. The van der Waals surface area contributed by atoms with Gasteiger partial charge in [-0.15, -0.1) is 0 Å². The first-order valence-electron chi connectivity index (χ1n) is 9.39. The highest BCUT2D eigenvalue weighted by Gasteiger charge is 2.18. The minimum Gasteiger partial charge on any atom is -0.321 e. The van der Waals surface area contributed by atoms with Crippen LogP contribution >= 0.6 is 0 Å². The third-order valence-corrected chi connectivity index (χ3v) is 5.85.